The van der Waals surface area contributed by atoms with Crippen LogP contribution < -0.4 is 10.2 Å². The smallest absolute Gasteiger partial charge is 0.676 e. The first-order valence-corrected chi connectivity index (χ1v) is 6.83. The minimum atomic E-state index is -1.38. The maximum atomic E-state index is 10.5. The van der Waals surface area contributed by atoms with Crippen LogP contribution in [0.25, 0.3) is 11.5 Å². The summed E-state index contributed by atoms with van der Waals surface area (Å²) in [7, 11) is 0. The number of carbonyl (C=O) groups excluding carboxylic acids is 2. The van der Waals surface area contributed by atoms with Gasteiger partial charge < -0.3 is 31.3 Å². The van der Waals surface area contributed by atoms with Crippen LogP contribution >= 0.6 is 0 Å². The van der Waals surface area contributed by atoms with E-state index in [0.717, 1.165) is 12.8 Å². The second-order valence-electron chi connectivity index (χ2n) is 4.99. The average Bonchev–Trinajstić information content (AvgIpc) is 2.42. The van der Waals surface area contributed by atoms with Crippen molar-refractivity contribution in [2.75, 3.05) is 0 Å². The van der Waals surface area contributed by atoms with Gasteiger partial charge in [0.2, 0.25) is 0 Å². The topological polar surface area (TPSA) is 128 Å². The van der Waals surface area contributed by atoms with Crippen LogP contribution in [0.2, 0.25) is 0 Å². The third kappa shape index (κ3) is 7.16. The fourth-order valence-electron chi connectivity index (χ4n) is 2.16. The minimum Gasteiger partial charge on any atom is -0.676 e. The molecule has 0 bridgehead atoms. The van der Waals surface area contributed by atoms with Crippen LogP contribution in [0.15, 0.2) is 24.3 Å². The molecule has 1 aliphatic rings. The molecule has 2 rings (SSSR count). The predicted molar refractivity (Wildman–Crippen MR) is 74.2 cm³/mol. The van der Waals surface area contributed by atoms with Gasteiger partial charge in [-0.05, 0) is 5.56 Å². The molecule has 122 valence electrons. The molecule has 0 amide bonds. The number of carbonyl (C=O) groups is 2. The van der Waals surface area contributed by atoms with E-state index in [1.165, 1.54) is 31.0 Å². The van der Waals surface area contributed by atoms with Crippen LogP contribution in [0.1, 0.15) is 41.6 Å². The second-order valence-corrected chi connectivity index (χ2v) is 4.99. The molecule has 0 spiro atoms. The molecular weight excluding hydrogens is 467 g/mol. The summed E-state index contributed by atoms with van der Waals surface area (Å²) in [5, 5.41) is 20.7. The molecule has 1 fully saturated rings. The zero-order chi connectivity index (χ0) is 15.8. The molecule has 0 aliphatic heterocycles. The maximum absolute atomic E-state index is 10.5. The van der Waals surface area contributed by atoms with Gasteiger partial charge in [-0.1, -0.05) is 49.9 Å². The summed E-state index contributed by atoms with van der Waals surface area (Å²) < 4.78 is 0. The maximum Gasteiger partial charge on any atom is 4.00 e. The number of hydrogen-bond acceptors (Lipinski definition) is 4. The molecule has 0 aromatic heterocycles. The number of rotatable bonds is 3. The Morgan fingerprint density at radius 2 is 1.55 bits per heavy atom. The molecule has 0 radical (unpaired) electrons. The number of nitrogens with one attached hydrogen (secondary N) is 2. The average molecular weight is 485 g/mol. The van der Waals surface area contributed by atoms with Crippen molar-refractivity contribution in [3.8, 4) is 0 Å². The Morgan fingerprint density at radius 3 is 1.95 bits per heavy atom. The largest absolute Gasteiger partial charge is 4.00 e. The predicted octanol–water partition coefficient (Wildman–Crippen LogP) is 0.742. The minimum absolute atomic E-state index is 0. The van der Waals surface area contributed by atoms with Crippen molar-refractivity contribution in [3.63, 3.8) is 0 Å². The van der Waals surface area contributed by atoms with E-state index in [1.807, 2.05) is 0 Å². The summed E-state index contributed by atoms with van der Waals surface area (Å²) in [6.07, 6.45) is 3.83. The van der Waals surface area contributed by atoms with Gasteiger partial charge >= 0.3 is 21.1 Å². The number of carboxylic acid groups (broad SMARTS) is 2. The molecule has 1 aromatic rings. The van der Waals surface area contributed by atoms with E-state index >= 15 is 0 Å². The first-order chi connectivity index (χ1) is 9.91. The Morgan fingerprint density at radius 1 is 1.05 bits per heavy atom. The third-order valence-electron chi connectivity index (χ3n) is 3.34. The Labute approximate surface area is 144 Å². The first-order valence-electron chi connectivity index (χ1n) is 6.83. The van der Waals surface area contributed by atoms with Gasteiger partial charge in [0, 0.05) is 18.0 Å². The Bertz CT molecular complexity index is 486. The van der Waals surface area contributed by atoms with Gasteiger partial charge in [0.25, 0.3) is 0 Å². The molecule has 1 aromatic carbocycles. The summed E-state index contributed by atoms with van der Waals surface area (Å²) in [6.45, 7) is 0. The van der Waals surface area contributed by atoms with Crippen molar-refractivity contribution >= 4 is 11.9 Å². The van der Waals surface area contributed by atoms with Crippen LogP contribution in [-0.4, -0.2) is 24.0 Å². The summed E-state index contributed by atoms with van der Waals surface area (Å²) >= 11 is 0. The van der Waals surface area contributed by atoms with Gasteiger partial charge in [-0.2, -0.15) is 12.1 Å². The normalized spacial score (nSPS) is 20.1. The first kappa shape index (κ1) is 20.8. The molecule has 1 saturated carbocycles. The van der Waals surface area contributed by atoms with Gasteiger partial charge in [0.1, 0.15) is 0 Å². The molecule has 0 saturated heterocycles. The van der Waals surface area contributed by atoms with Gasteiger partial charge in [-0.25, -0.2) is 0 Å². The van der Waals surface area contributed by atoms with E-state index < -0.39 is 18.4 Å². The van der Waals surface area contributed by atoms with Crippen LogP contribution in [0.5, 0.6) is 0 Å². The zero-order valence-corrected chi connectivity index (χ0v) is 14.2. The number of aromatic carboxylic acids is 1. The number of aliphatic carboxylic acids is 1. The molecular formula is C15H18N2O4Pt. The van der Waals surface area contributed by atoms with Crippen molar-refractivity contribution in [2.45, 2.75) is 44.2 Å². The molecule has 2 N–H and O–H groups in total. The van der Waals surface area contributed by atoms with E-state index in [2.05, 4.69) is 0 Å². The quantitative estimate of drug-likeness (QED) is 0.626. The van der Waals surface area contributed by atoms with Crippen LogP contribution in [0.3, 0.4) is 0 Å². The SMILES string of the molecule is O=C([O-])Cc1ccccc1C(=O)[O-].[NH-]C1CCCCC1[NH-].[Pt+4]. The van der Waals surface area contributed by atoms with Gasteiger partial charge in [-0.15, -0.1) is 0 Å². The fourth-order valence-corrected chi connectivity index (χ4v) is 2.16. The Balaban J connectivity index is 0.000000423. The van der Waals surface area contributed by atoms with E-state index in [0.29, 0.717) is 0 Å². The summed E-state index contributed by atoms with van der Waals surface area (Å²) in [6, 6.07) is 5.62. The number of carboxylic acids is 2. The molecule has 7 heteroatoms. The Hall–Kier alpha value is -1.23. The van der Waals surface area contributed by atoms with Crippen LogP contribution in [0, 0.1) is 0 Å². The van der Waals surface area contributed by atoms with Crippen molar-refractivity contribution in [3.05, 3.63) is 46.9 Å². The summed E-state index contributed by atoms with van der Waals surface area (Å²) in [5.41, 5.74) is 14.7. The van der Waals surface area contributed by atoms with Crippen molar-refractivity contribution in [2.24, 2.45) is 0 Å². The van der Waals surface area contributed by atoms with Crippen LogP contribution in [-0.2, 0) is 32.3 Å². The van der Waals surface area contributed by atoms with E-state index in [4.69, 9.17) is 11.5 Å². The van der Waals surface area contributed by atoms with Crippen molar-refractivity contribution in [1.29, 1.82) is 0 Å². The summed E-state index contributed by atoms with van der Waals surface area (Å²) in [4.78, 5) is 20.7. The molecule has 6 nitrogen and oxygen atoms in total. The zero-order valence-electron chi connectivity index (χ0n) is 11.9. The monoisotopic (exact) mass is 485 g/mol. The summed E-state index contributed by atoms with van der Waals surface area (Å²) in [5.74, 6) is -2.69. The van der Waals surface area contributed by atoms with E-state index in [-0.39, 0.29) is 44.3 Å². The van der Waals surface area contributed by atoms with Gasteiger partial charge in [-0.3, -0.25) is 0 Å². The molecule has 2 unspecified atom stereocenters. The van der Waals surface area contributed by atoms with Gasteiger partial charge in [0.15, 0.2) is 0 Å². The van der Waals surface area contributed by atoms with E-state index in [9.17, 15) is 19.8 Å². The molecule has 2 atom stereocenters. The number of benzene rings is 1. The number of hydrogen-bond donors (Lipinski definition) is 0. The van der Waals surface area contributed by atoms with Crippen molar-refractivity contribution in [1.82, 2.24) is 0 Å². The Kier molecular flexibility index (Phi) is 9.90. The third-order valence-corrected chi connectivity index (χ3v) is 3.34. The van der Waals surface area contributed by atoms with Gasteiger partial charge in [0.05, 0.1) is 5.97 Å². The van der Waals surface area contributed by atoms with E-state index in [1.54, 1.807) is 6.07 Å². The molecule has 0 heterocycles. The fraction of sp³-hybridized carbons (Fsp3) is 0.467. The van der Waals surface area contributed by atoms with Crippen molar-refractivity contribution < 1.29 is 40.9 Å². The molecule has 1 aliphatic carbocycles. The second kappa shape index (κ2) is 10.5. The van der Waals surface area contributed by atoms with Crippen LogP contribution in [0.4, 0.5) is 0 Å². The molecule has 22 heavy (non-hydrogen) atoms. The standard InChI is InChI=1S/C9H8O4.C6H12N2.Pt/c10-8(11)5-6-3-1-2-4-7(6)9(12)13;7-5-3-1-2-4-6(5)8;/h1-4H,5H2,(H,10,11)(H,12,13);5-8H,1-4H2;/q;-2;+4/p-2.